The largest absolute Gasteiger partial charge is 0.486 e. The molecule has 3 aliphatic carbocycles. The molecule has 42 heavy (non-hydrogen) atoms. The first kappa shape index (κ1) is 28.9. The van der Waals surface area contributed by atoms with Crippen LogP contribution in [-0.2, 0) is 32.0 Å². The number of pyridine rings is 1. The zero-order chi connectivity index (χ0) is 29.3. The van der Waals surface area contributed by atoms with Crippen LogP contribution in [0.1, 0.15) is 66.7 Å². The molecule has 2 heterocycles. The Balaban J connectivity index is 1.28. The second-order valence-corrected chi connectivity index (χ2v) is 12.7. The number of benzene rings is 2. The maximum atomic E-state index is 12.8. The fraction of sp³-hybridized carbons (Fsp3) is 0.471. The van der Waals surface area contributed by atoms with E-state index in [1.54, 1.807) is 6.20 Å². The van der Waals surface area contributed by atoms with Crippen LogP contribution in [0.25, 0.3) is 0 Å². The fourth-order valence-corrected chi connectivity index (χ4v) is 7.37. The molecule has 5 atom stereocenters. The highest BCUT2D eigenvalue weighted by molar-refractivity contribution is 6.45. The Morgan fingerprint density at radius 2 is 1.69 bits per heavy atom. The van der Waals surface area contributed by atoms with Crippen molar-refractivity contribution < 1.29 is 28.3 Å². The van der Waals surface area contributed by atoms with Crippen LogP contribution in [0, 0.1) is 17.3 Å². The predicted octanol–water partition coefficient (Wildman–Crippen LogP) is 6.48. The van der Waals surface area contributed by atoms with Gasteiger partial charge >= 0.3 is 13.1 Å². The third kappa shape index (κ3) is 5.48. The molecule has 0 N–H and O–H groups in total. The number of methoxy groups -OCH3 is 1. The van der Waals surface area contributed by atoms with Crippen LogP contribution in [0.2, 0.25) is 6.32 Å². The second kappa shape index (κ2) is 11.8. The molecule has 1 aliphatic heterocycles. The standard InChI is InChI=1S/C34H40BNO6/c1-33(2)26-17-28(33)34(3)29(18-26)41-35(42-34)19-25(22-39-20-23-11-7-5-8-12-23)27-15-16-36-30(32(37)38-4)31(27)40-21-24-13-9-6-10-14-24/h5-16,25-26,28-29H,17-22H2,1-4H3/t25?,26-,28-,29?,34-/m0/s1. The molecule has 220 valence electrons. The lowest BCUT2D eigenvalue weighted by Gasteiger charge is -2.64. The number of rotatable bonds is 11. The Labute approximate surface area is 249 Å². The summed E-state index contributed by atoms with van der Waals surface area (Å²) in [5.41, 5.74) is 3.01. The molecule has 7 rings (SSSR count). The van der Waals surface area contributed by atoms with Gasteiger partial charge in [0.2, 0.25) is 0 Å². The number of aromatic nitrogens is 1. The van der Waals surface area contributed by atoms with Gasteiger partial charge in [0, 0.05) is 17.7 Å². The highest BCUT2D eigenvalue weighted by atomic mass is 16.7. The SMILES string of the molecule is COC(=O)c1nccc(C(COCc2ccccc2)CB2OC3C[C@@H]4C[C@@H](C4(C)C)[C@]3(C)O2)c1OCc1ccccc1. The minimum atomic E-state index is -0.544. The summed E-state index contributed by atoms with van der Waals surface area (Å²) in [6.45, 7) is 8.12. The quantitative estimate of drug-likeness (QED) is 0.193. The normalized spacial score (nSPS) is 26.2. The number of hydrogen-bond acceptors (Lipinski definition) is 7. The summed E-state index contributed by atoms with van der Waals surface area (Å²) in [5.74, 6) is 0.837. The lowest BCUT2D eigenvalue weighted by atomic mass is 9.43. The number of carbonyl (C=O) groups is 1. The first-order valence-electron chi connectivity index (χ1n) is 15.0. The van der Waals surface area contributed by atoms with E-state index in [1.165, 1.54) is 13.5 Å². The Morgan fingerprint density at radius 1 is 1.00 bits per heavy atom. The average Bonchev–Trinajstić information content (AvgIpc) is 3.35. The Kier molecular flexibility index (Phi) is 8.14. The molecule has 4 fully saturated rings. The van der Waals surface area contributed by atoms with Gasteiger partial charge in [-0.1, -0.05) is 74.5 Å². The minimum absolute atomic E-state index is 0.0852. The van der Waals surface area contributed by atoms with Crippen LogP contribution in [0.15, 0.2) is 72.9 Å². The molecular formula is C34H40BNO6. The van der Waals surface area contributed by atoms with E-state index in [-0.39, 0.29) is 35.3 Å². The zero-order valence-corrected chi connectivity index (χ0v) is 25.0. The van der Waals surface area contributed by atoms with Crippen molar-refractivity contribution in [1.29, 1.82) is 0 Å². The smallest absolute Gasteiger partial charge is 0.458 e. The van der Waals surface area contributed by atoms with Gasteiger partial charge in [-0.05, 0) is 60.5 Å². The summed E-state index contributed by atoms with van der Waals surface area (Å²) in [6, 6.07) is 21.9. The van der Waals surface area contributed by atoms with Crippen molar-refractivity contribution in [1.82, 2.24) is 4.98 Å². The van der Waals surface area contributed by atoms with Crippen LogP contribution in [0.4, 0.5) is 0 Å². The highest BCUT2D eigenvalue weighted by Crippen LogP contribution is 2.66. The molecule has 7 nitrogen and oxygen atoms in total. The second-order valence-electron chi connectivity index (χ2n) is 12.7. The Morgan fingerprint density at radius 3 is 2.36 bits per heavy atom. The van der Waals surface area contributed by atoms with Gasteiger partial charge in [0.05, 0.1) is 32.0 Å². The van der Waals surface area contributed by atoms with Crippen LogP contribution < -0.4 is 4.74 Å². The first-order chi connectivity index (χ1) is 20.3. The first-order valence-corrected chi connectivity index (χ1v) is 15.0. The molecule has 0 spiro atoms. The van der Waals surface area contributed by atoms with Crippen LogP contribution >= 0.6 is 0 Å². The van der Waals surface area contributed by atoms with Gasteiger partial charge in [0.1, 0.15) is 6.61 Å². The molecule has 3 aromatic rings. The molecule has 0 amide bonds. The summed E-state index contributed by atoms with van der Waals surface area (Å²) < 4.78 is 31.2. The molecule has 2 bridgehead atoms. The fourth-order valence-electron chi connectivity index (χ4n) is 7.37. The summed E-state index contributed by atoms with van der Waals surface area (Å²) in [5, 5.41) is 0. The molecule has 1 aromatic heterocycles. The number of ether oxygens (including phenoxy) is 3. The van der Waals surface area contributed by atoms with E-state index < -0.39 is 13.1 Å². The Bertz CT molecular complexity index is 1390. The summed E-state index contributed by atoms with van der Waals surface area (Å²) in [7, 11) is 0.963. The predicted molar refractivity (Wildman–Crippen MR) is 160 cm³/mol. The number of esters is 1. The minimum Gasteiger partial charge on any atom is -0.486 e. The van der Waals surface area contributed by atoms with Gasteiger partial charge in [0.15, 0.2) is 11.4 Å². The van der Waals surface area contributed by atoms with Gasteiger partial charge in [-0.3, -0.25) is 0 Å². The number of carbonyl (C=O) groups excluding carboxylic acids is 1. The van der Waals surface area contributed by atoms with Crippen molar-refractivity contribution in [3.63, 3.8) is 0 Å². The number of nitrogens with zero attached hydrogens (tertiary/aromatic N) is 1. The van der Waals surface area contributed by atoms with Crippen molar-refractivity contribution in [3.8, 4) is 5.75 Å². The van der Waals surface area contributed by atoms with Crippen molar-refractivity contribution >= 4 is 13.1 Å². The van der Waals surface area contributed by atoms with E-state index in [9.17, 15) is 4.79 Å². The molecule has 2 unspecified atom stereocenters. The summed E-state index contributed by atoms with van der Waals surface area (Å²) in [6.07, 6.45) is 4.51. The van der Waals surface area contributed by atoms with E-state index in [4.69, 9.17) is 23.5 Å². The molecule has 3 saturated carbocycles. The molecular weight excluding hydrogens is 529 g/mol. The molecule has 8 heteroatoms. The summed E-state index contributed by atoms with van der Waals surface area (Å²) >= 11 is 0. The zero-order valence-electron chi connectivity index (χ0n) is 25.0. The average molecular weight is 570 g/mol. The monoisotopic (exact) mass is 569 g/mol. The Hall–Kier alpha value is -3.20. The topological polar surface area (TPSA) is 76.1 Å². The van der Waals surface area contributed by atoms with Crippen LogP contribution in [0.5, 0.6) is 5.75 Å². The van der Waals surface area contributed by atoms with Crippen molar-refractivity contribution in [2.45, 2.75) is 70.8 Å². The van der Waals surface area contributed by atoms with Crippen molar-refractivity contribution in [2.75, 3.05) is 13.7 Å². The van der Waals surface area contributed by atoms with Gasteiger partial charge < -0.3 is 23.5 Å². The maximum Gasteiger partial charge on any atom is 0.458 e. The van der Waals surface area contributed by atoms with E-state index in [2.05, 4.69) is 25.8 Å². The van der Waals surface area contributed by atoms with E-state index in [0.717, 1.165) is 23.1 Å². The highest BCUT2D eigenvalue weighted by Gasteiger charge is 2.67. The van der Waals surface area contributed by atoms with E-state index in [0.29, 0.717) is 37.1 Å². The van der Waals surface area contributed by atoms with Gasteiger partial charge in [-0.2, -0.15) is 0 Å². The van der Waals surface area contributed by atoms with E-state index in [1.807, 2.05) is 66.7 Å². The van der Waals surface area contributed by atoms with Gasteiger partial charge in [-0.25, -0.2) is 9.78 Å². The van der Waals surface area contributed by atoms with Gasteiger partial charge in [0.25, 0.3) is 0 Å². The molecule has 4 aliphatic rings. The van der Waals surface area contributed by atoms with Crippen LogP contribution in [-0.4, -0.2) is 43.5 Å². The van der Waals surface area contributed by atoms with Crippen molar-refractivity contribution in [3.05, 3.63) is 95.3 Å². The molecule has 1 saturated heterocycles. The van der Waals surface area contributed by atoms with Gasteiger partial charge in [-0.15, -0.1) is 0 Å². The molecule has 0 radical (unpaired) electrons. The lowest BCUT2D eigenvalue weighted by Crippen LogP contribution is -2.65. The molecule has 2 aromatic carbocycles. The maximum absolute atomic E-state index is 12.8. The third-order valence-electron chi connectivity index (χ3n) is 9.89. The lowest BCUT2D eigenvalue weighted by molar-refractivity contribution is -0.199. The summed E-state index contributed by atoms with van der Waals surface area (Å²) in [4.78, 5) is 17.2. The van der Waals surface area contributed by atoms with E-state index >= 15 is 0 Å². The number of hydrogen-bond donors (Lipinski definition) is 0. The third-order valence-corrected chi connectivity index (χ3v) is 9.89. The van der Waals surface area contributed by atoms with Crippen LogP contribution in [0.3, 0.4) is 0 Å². The van der Waals surface area contributed by atoms with Crippen molar-refractivity contribution in [2.24, 2.45) is 17.3 Å².